The van der Waals surface area contributed by atoms with E-state index in [0.29, 0.717) is 29.6 Å². The van der Waals surface area contributed by atoms with Crippen molar-refractivity contribution in [1.82, 2.24) is 5.32 Å². The van der Waals surface area contributed by atoms with Gasteiger partial charge in [-0.25, -0.2) is 4.79 Å². The molecule has 0 aliphatic rings. The Labute approximate surface area is 140 Å². The first kappa shape index (κ1) is 17.1. The fourth-order valence-corrected chi connectivity index (χ4v) is 2.31. The van der Waals surface area contributed by atoms with Gasteiger partial charge >= 0.3 is 6.03 Å². The maximum Gasteiger partial charge on any atom is 0.319 e. The van der Waals surface area contributed by atoms with E-state index in [-0.39, 0.29) is 6.03 Å². The molecule has 0 saturated heterocycles. The summed E-state index contributed by atoms with van der Waals surface area (Å²) in [4.78, 5) is 12.0. The largest absolute Gasteiger partial charge is 0.497 e. The Morgan fingerprint density at radius 3 is 2.52 bits per heavy atom. The molecule has 2 amide bonds. The van der Waals surface area contributed by atoms with E-state index in [9.17, 15) is 4.79 Å². The van der Waals surface area contributed by atoms with Crippen molar-refractivity contribution in [3.05, 3.63) is 58.6 Å². The summed E-state index contributed by atoms with van der Waals surface area (Å²) >= 11 is 6.10. The highest BCUT2D eigenvalue weighted by Gasteiger charge is 2.08. The van der Waals surface area contributed by atoms with E-state index in [0.717, 1.165) is 11.1 Å². The number of methoxy groups -OCH3 is 2. The van der Waals surface area contributed by atoms with Gasteiger partial charge in [-0.3, -0.25) is 0 Å². The van der Waals surface area contributed by atoms with Crippen LogP contribution in [0.4, 0.5) is 10.5 Å². The van der Waals surface area contributed by atoms with Gasteiger partial charge in [0.2, 0.25) is 0 Å². The fourth-order valence-electron chi connectivity index (χ4n) is 2.09. The molecule has 0 aliphatic carbocycles. The van der Waals surface area contributed by atoms with Gasteiger partial charge in [-0.2, -0.15) is 0 Å². The first-order valence-electron chi connectivity index (χ1n) is 7.08. The monoisotopic (exact) mass is 334 g/mol. The molecular formula is C17H19ClN2O3. The molecule has 0 atom stereocenters. The van der Waals surface area contributed by atoms with Crippen LogP contribution < -0.4 is 15.4 Å². The van der Waals surface area contributed by atoms with Crippen LogP contribution >= 0.6 is 11.6 Å². The molecule has 0 aromatic heterocycles. The molecule has 2 N–H and O–H groups in total. The van der Waals surface area contributed by atoms with Gasteiger partial charge in [-0.15, -0.1) is 0 Å². The average Bonchev–Trinajstić information content (AvgIpc) is 2.56. The van der Waals surface area contributed by atoms with E-state index in [1.807, 2.05) is 24.3 Å². The molecule has 0 unspecified atom stereocenters. The van der Waals surface area contributed by atoms with Gasteiger partial charge in [-0.1, -0.05) is 35.9 Å². The molecule has 0 saturated carbocycles. The number of urea groups is 1. The number of halogens is 1. The zero-order valence-electron chi connectivity index (χ0n) is 13.1. The molecule has 0 fully saturated rings. The molecule has 122 valence electrons. The second-order valence-electron chi connectivity index (χ2n) is 4.86. The van der Waals surface area contributed by atoms with Crippen molar-refractivity contribution in [1.29, 1.82) is 0 Å². The summed E-state index contributed by atoms with van der Waals surface area (Å²) in [6, 6.07) is 12.5. The van der Waals surface area contributed by atoms with Gasteiger partial charge in [0.25, 0.3) is 0 Å². The van der Waals surface area contributed by atoms with Gasteiger partial charge < -0.3 is 20.1 Å². The van der Waals surface area contributed by atoms with Crippen LogP contribution in [0.3, 0.4) is 0 Å². The average molecular weight is 335 g/mol. The highest BCUT2D eigenvalue weighted by Crippen LogP contribution is 2.26. The van der Waals surface area contributed by atoms with Crippen LogP contribution in [-0.4, -0.2) is 20.3 Å². The molecule has 23 heavy (non-hydrogen) atoms. The van der Waals surface area contributed by atoms with Gasteiger partial charge in [-0.05, 0) is 23.3 Å². The summed E-state index contributed by atoms with van der Waals surface area (Å²) in [6.07, 6.45) is 0. The number of nitrogens with one attached hydrogen (secondary N) is 2. The number of anilines is 1. The Kier molecular flexibility index (Phi) is 6.26. The van der Waals surface area contributed by atoms with Crippen LogP contribution in [0.2, 0.25) is 5.02 Å². The lowest BCUT2D eigenvalue weighted by Crippen LogP contribution is -2.28. The minimum atomic E-state index is -0.329. The lowest BCUT2D eigenvalue weighted by atomic mass is 10.1. The third kappa shape index (κ3) is 4.87. The highest BCUT2D eigenvalue weighted by atomic mass is 35.5. The predicted molar refractivity (Wildman–Crippen MR) is 91.0 cm³/mol. The molecule has 0 aliphatic heterocycles. The first-order chi connectivity index (χ1) is 11.1. The van der Waals surface area contributed by atoms with E-state index in [1.54, 1.807) is 32.4 Å². The van der Waals surface area contributed by atoms with Crippen molar-refractivity contribution in [2.45, 2.75) is 13.2 Å². The number of rotatable bonds is 6. The quantitative estimate of drug-likeness (QED) is 0.844. The molecule has 2 aromatic rings. The van der Waals surface area contributed by atoms with E-state index in [4.69, 9.17) is 21.1 Å². The smallest absolute Gasteiger partial charge is 0.319 e. The molecule has 0 spiro atoms. The van der Waals surface area contributed by atoms with Crippen LogP contribution in [0.1, 0.15) is 11.1 Å². The number of carbonyl (C=O) groups excluding carboxylic acids is 1. The van der Waals surface area contributed by atoms with Crippen LogP contribution in [0.15, 0.2) is 42.5 Å². The number of amides is 2. The summed E-state index contributed by atoms with van der Waals surface area (Å²) in [5.41, 5.74) is 2.57. The van der Waals surface area contributed by atoms with E-state index >= 15 is 0 Å². The van der Waals surface area contributed by atoms with Crippen molar-refractivity contribution in [2.75, 3.05) is 19.5 Å². The van der Waals surface area contributed by atoms with Crippen molar-refractivity contribution < 1.29 is 14.3 Å². The predicted octanol–water partition coefficient (Wildman–Crippen LogP) is 3.82. The maximum absolute atomic E-state index is 12.0. The number of ether oxygens (including phenoxy) is 2. The van der Waals surface area contributed by atoms with Gasteiger partial charge in [0, 0.05) is 19.7 Å². The lowest BCUT2D eigenvalue weighted by Gasteiger charge is -2.12. The van der Waals surface area contributed by atoms with Crippen molar-refractivity contribution in [2.24, 2.45) is 0 Å². The van der Waals surface area contributed by atoms with E-state index in [2.05, 4.69) is 10.6 Å². The van der Waals surface area contributed by atoms with Crippen LogP contribution in [0, 0.1) is 0 Å². The zero-order valence-corrected chi connectivity index (χ0v) is 13.8. The zero-order chi connectivity index (χ0) is 16.7. The molecule has 0 heterocycles. The van der Waals surface area contributed by atoms with Crippen LogP contribution in [0.5, 0.6) is 5.75 Å². The normalized spacial score (nSPS) is 10.2. The van der Waals surface area contributed by atoms with Crippen molar-refractivity contribution >= 4 is 23.3 Å². The van der Waals surface area contributed by atoms with Crippen LogP contribution in [0.25, 0.3) is 0 Å². The molecule has 0 radical (unpaired) electrons. The Morgan fingerprint density at radius 2 is 1.87 bits per heavy atom. The molecular weight excluding hydrogens is 316 g/mol. The summed E-state index contributed by atoms with van der Waals surface area (Å²) in [7, 11) is 3.20. The second kappa shape index (κ2) is 8.41. The third-order valence-electron chi connectivity index (χ3n) is 3.28. The summed E-state index contributed by atoms with van der Waals surface area (Å²) in [5, 5.41) is 5.94. The minimum absolute atomic E-state index is 0.329. The van der Waals surface area contributed by atoms with Crippen molar-refractivity contribution in [3.63, 3.8) is 0 Å². The second-order valence-corrected chi connectivity index (χ2v) is 5.26. The molecule has 2 aromatic carbocycles. The first-order valence-corrected chi connectivity index (χ1v) is 7.46. The van der Waals surface area contributed by atoms with Gasteiger partial charge in [0.15, 0.2) is 0 Å². The van der Waals surface area contributed by atoms with Crippen molar-refractivity contribution in [3.8, 4) is 5.75 Å². The highest BCUT2D eigenvalue weighted by molar-refractivity contribution is 6.33. The fraction of sp³-hybridized carbons (Fsp3) is 0.235. The summed E-state index contributed by atoms with van der Waals surface area (Å²) in [6.45, 7) is 0.906. The molecule has 6 heteroatoms. The Bertz CT molecular complexity index is 677. The Morgan fingerprint density at radius 1 is 1.13 bits per heavy atom. The summed E-state index contributed by atoms with van der Waals surface area (Å²) < 4.78 is 10.2. The van der Waals surface area contributed by atoms with E-state index < -0.39 is 0 Å². The number of hydrogen-bond donors (Lipinski definition) is 2. The number of benzene rings is 2. The Balaban J connectivity index is 1.95. The standard InChI is InChI=1S/C17H19ClN2O3/c1-22-11-13-6-4-3-5-12(13)10-19-17(21)20-16-8-7-14(23-2)9-15(16)18/h3-9H,10-11H2,1-2H3,(H2,19,20,21). The number of hydrogen-bond acceptors (Lipinski definition) is 3. The third-order valence-corrected chi connectivity index (χ3v) is 3.59. The topological polar surface area (TPSA) is 59.6 Å². The molecule has 2 rings (SSSR count). The lowest BCUT2D eigenvalue weighted by molar-refractivity contribution is 0.184. The maximum atomic E-state index is 12.0. The molecule has 5 nitrogen and oxygen atoms in total. The van der Waals surface area contributed by atoms with Crippen LogP contribution in [-0.2, 0) is 17.9 Å². The summed E-state index contributed by atoms with van der Waals surface area (Å²) in [5.74, 6) is 0.634. The minimum Gasteiger partial charge on any atom is -0.497 e. The van der Waals surface area contributed by atoms with Gasteiger partial charge in [0.05, 0.1) is 24.4 Å². The number of carbonyl (C=O) groups is 1. The van der Waals surface area contributed by atoms with E-state index in [1.165, 1.54) is 0 Å². The van der Waals surface area contributed by atoms with Gasteiger partial charge in [0.1, 0.15) is 5.75 Å². The molecule has 0 bridgehead atoms. The Hall–Kier alpha value is -2.24. The SMILES string of the molecule is COCc1ccccc1CNC(=O)Nc1ccc(OC)cc1Cl.